The number of methoxy groups -OCH3 is 1. The predicted molar refractivity (Wildman–Crippen MR) is 167 cm³/mol. The van der Waals surface area contributed by atoms with Gasteiger partial charge in [0, 0.05) is 6.54 Å². The van der Waals surface area contributed by atoms with Gasteiger partial charge in [-0.15, -0.1) is 0 Å². The molecule has 5 amide bonds. The average Bonchev–Trinajstić information content (AvgIpc) is 3.04. The fraction of sp³-hybridized carbons (Fsp3) is 0.469. The molecule has 0 radical (unpaired) electrons. The van der Waals surface area contributed by atoms with Crippen molar-refractivity contribution in [2.24, 2.45) is 5.92 Å². The van der Waals surface area contributed by atoms with E-state index in [-0.39, 0.29) is 37.0 Å². The molecule has 0 bridgehead atoms. The third-order valence-electron chi connectivity index (χ3n) is 7.05. The van der Waals surface area contributed by atoms with Gasteiger partial charge in [0.2, 0.25) is 23.6 Å². The first-order chi connectivity index (χ1) is 22.0. The fourth-order valence-electron chi connectivity index (χ4n) is 4.50. The number of aliphatic hydroxyl groups is 1. The number of benzene rings is 2. The zero-order valence-corrected chi connectivity index (χ0v) is 26.5. The highest BCUT2D eigenvalue weighted by Gasteiger charge is 2.31. The Bertz CT molecular complexity index is 1350. The van der Waals surface area contributed by atoms with E-state index in [0.29, 0.717) is 17.9 Å². The number of amides is 5. The lowest BCUT2D eigenvalue weighted by atomic mass is 10.0. The molecule has 0 fully saturated rings. The van der Waals surface area contributed by atoms with Gasteiger partial charge in [-0.25, -0.2) is 0 Å². The molecule has 2 aromatic carbocycles. The highest BCUT2D eigenvalue weighted by Crippen LogP contribution is 2.19. The molecule has 2 aromatic rings. The Morgan fingerprint density at radius 2 is 1.67 bits per heavy atom. The topological polar surface area (TPSA) is 193 Å². The fourth-order valence-corrected chi connectivity index (χ4v) is 4.50. The number of fused-ring (bicyclic) bond motifs is 1. The highest BCUT2D eigenvalue weighted by molar-refractivity contribution is 6.01. The van der Waals surface area contributed by atoms with E-state index in [1.54, 1.807) is 70.3 Å². The van der Waals surface area contributed by atoms with Crippen LogP contribution in [0.2, 0.25) is 0 Å². The van der Waals surface area contributed by atoms with Gasteiger partial charge >= 0.3 is 0 Å². The van der Waals surface area contributed by atoms with Gasteiger partial charge < -0.3 is 45.9 Å². The summed E-state index contributed by atoms with van der Waals surface area (Å²) in [5.41, 5.74) is 0.113. The molecule has 0 spiro atoms. The first kappa shape index (κ1) is 35.6. The second-order valence-electron chi connectivity index (χ2n) is 11.1. The molecule has 3 rings (SSSR count). The van der Waals surface area contributed by atoms with Gasteiger partial charge in [0.25, 0.3) is 5.91 Å². The molecule has 0 aliphatic carbocycles. The number of aliphatic hydroxyl groups excluding tert-OH is 1. The maximum Gasteiger partial charge on any atom is 0.255 e. The zero-order valence-electron chi connectivity index (χ0n) is 26.5. The lowest BCUT2D eigenvalue weighted by Crippen LogP contribution is -2.58. The molecule has 0 saturated heterocycles. The van der Waals surface area contributed by atoms with Gasteiger partial charge in [0.05, 0.1) is 38.3 Å². The van der Waals surface area contributed by atoms with Gasteiger partial charge in [-0.3, -0.25) is 24.0 Å². The lowest BCUT2D eigenvalue weighted by molar-refractivity contribution is -0.134. The molecule has 1 aliphatic rings. The van der Waals surface area contributed by atoms with Crippen LogP contribution < -0.4 is 40.8 Å². The molecule has 14 nitrogen and oxygen atoms in total. The van der Waals surface area contributed by atoms with Crippen LogP contribution in [0.3, 0.4) is 0 Å². The van der Waals surface area contributed by atoms with Crippen molar-refractivity contribution in [3.8, 4) is 17.2 Å². The number of ether oxygens (including phenoxy) is 3. The smallest absolute Gasteiger partial charge is 0.255 e. The SMILES string of the molecule is COc1ccc(OCCCNC(=O)[C@@H]2CC(=O)N[C@@H](CO)C(=O)N[C@H](C(C)C)C(=O)N[C@@H](C)COc3ccccc3C(=O)N2)cc1. The van der Waals surface area contributed by atoms with Crippen molar-refractivity contribution in [1.82, 2.24) is 26.6 Å². The van der Waals surface area contributed by atoms with E-state index in [9.17, 15) is 29.1 Å². The van der Waals surface area contributed by atoms with Crippen LogP contribution in [0.5, 0.6) is 17.2 Å². The van der Waals surface area contributed by atoms with Crippen molar-refractivity contribution in [3.63, 3.8) is 0 Å². The number of carbonyl (C=O) groups excluding carboxylic acids is 5. The summed E-state index contributed by atoms with van der Waals surface area (Å²) >= 11 is 0. The number of rotatable bonds is 9. The largest absolute Gasteiger partial charge is 0.497 e. The Balaban J connectivity index is 1.77. The summed E-state index contributed by atoms with van der Waals surface area (Å²) in [7, 11) is 1.57. The molecule has 250 valence electrons. The first-order valence-electron chi connectivity index (χ1n) is 15.1. The van der Waals surface area contributed by atoms with E-state index in [4.69, 9.17) is 14.2 Å². The second-order valence-corrected chi connectivity index (χ2v) is 11.1. The Morgan fingerprint density at radius 1 is 0.978 bits per heavy atom. The minimum atomic E-state index is -1.41. The number of carbonyl (C=O) groups is 5. The van der Waals surface area contributed by atoms with Crippen molar-refractivity contribution in [2.75, 3.05) is 33.5 Å². The normalized spacial score (nSPS) is 21.3. The van der Waals surface area contributed by atoms with Gasteiger partial charge in [-0.2, -0.15) is 0 Å². The van der Waals surface area contributed by atoms with Crippen LogP contribution in [-0.4, -0.2) is 92.3 Å². The quantitative estimate of drug-likeness (QED) is 0.209. The van der Waals surface area contributed by atoms with Crippen LogP contribution in [0, 0.1) is 5.92 Å². The molecular weight excluding hydrogens is 598 g/mol. The van der Waals surface area contributed by atoms with Crippen molar-refractivity contribution >= 4 is 29.5 Å². The van der Waals surface area contributed by atoms with E-state index in [1.807, 2.05) is 0 Å². The lowest BCUT2D eigenvalue weighted by Gasteiger charge is -2.26. The number of para-hydroxylation sites is 1. The maximum atomic E-state index is 13.4. The average molecular weight is 642 g/mol. The Hall–Kier alpha value is -4.85. The molecule has 46 heavy (non-hydrogen) atoms. The molecule has 1 heterocycles. The summed E-state index contributed by atoms with van der Waals surface area (Å²) in [5, 5.41) is 22.9. The number of nitrogens with one attached hydrogen (secondary N) is 5. The van der Waals surface area contributed by atoms with Crippen LogP contribution in [0.4, 0.5) is 0 Å². The van der Waals surface area contributed by atoms with Crippen molar-refractivity contribution in [3.05, 3.63) is 54.1 Å². The molecule has 0 unspecified atom stereocenters. The van der Waals surface area contributed by atoms with Gasteiger partial charge in [-0.05, 0) is 55.7 Å². The molecule has 6 N–H and O–H groups in total. The third-order valence-corrected chi connectivity index (χ3v) is 7.05. The van der Waals surface area contributed by atoms with Gasteiger partial charge in [-0.1, -0.05) is 26.0 Å². The van der Waals surface area contributed by atoms with Crippen molar-refractivity contribution in [1.29, 1.82) is 0 Å². The molecule has 0 aromatic heterocycles. The molecule has 0 saturated carbocycles. The van der Waals surface area contributed by atoms with Crippen LogP contribution in [0.1, 0.15) is 44.0 Å². The Labute approximate surface area is 267 Å². The standard InChI is InChI=1S/C32H43N5O9/c1-19(2)28-32(43)34-20(3)18-46-26-9-6-5-8-23(26)29(40)36-24(16-27(39)35-25(17-38)31(42)37-28)30(41)33-14-7-15-45-22-12-10-21(44-4)11-13-22/h5-6,8-13,19-20,24-25,28,38H,7,14-18H2,1-4H3,(H,33,41)(H,34,43)(H,35,39)(H,36,40)(H,37,42)/t20-,24-,25-,28+/m0/s1. The minimum Gasteiger partial charge on any atom is -0.497 e. The molecule has 4 atom stereocenters. The summed E-state index contributed by atoms with van der Waals surface area (Å²) in [4.78, 5) is 65.6. The first-order valence-corrected chi connectivity index (χ1v) is 15.1. The summed E-state index contributed by atoms with van der Waals surface area (Å²) < 4.78 is 16.7. The number of hydrogen-bond acceptors (Lipinski definition) is 9. The highest BCUT2D eigenvalue weighted by atomic mass is 16.5. The minimum absolute atomic E-state index is 0.00336. The van der Waals surface area contributed by atoms with Crippen LogP contribution in [0.15, 0.2) is 48.5 Å². The van der Waals surface area contributed by atoms with Crippen LogP contribution >= 0.6 is 0 Å². The Kier molecular flexibility index (Phi) is 13.6. The van der Waals surface area contributed by atoms with Crippen molar-refractivity contribution in [2.45, 2.75) is 57.8 Å². The number of hydrogen-bond donors (Lipinski definition) is 6. The van der Waals surface area contributed by atoms with E-state index in [0.717, 1.165) is 0 Å². The summed E-state index contributed by atoms with van der Waals surface area (Å²) in [6, 6.07) is 9.17. The third kappa shape index (κ3) is 10.6. The van der Waals surface area contributed by atoms with E-state index < -0.39 is 66.7 Å². The second kappa shape index (κ2) is 17.6. The molecule has 14 heteroatoms. The van der Waals surface area contributed by atoms with Crippen LogP contribution in [0.25, 0.3) is 0 Å². The van der Waals surface area contributed by atoms with E-state index in [2.05, 4.69) is 26.6 Å². The molecule has 1 aliphatic heterocycles. The summed E-state index contributed by atoms with van der Waals surface area (Å²) in [5.74, 6) is -2.17. The summed E-state index contributed by atoms with van der Waals surface area (Å²) in [6.45, 7) is 4.88. The summed E-state index contributed by atoms with van der Waals surface area (Å²) in [6.07, 6.45) is -0.117. The van der Waals surface area contributed by atoms with Gasteiger partial charge in [0.1, 0.15) is 42.0 Å². The van der Waals surface area contributed by atoms with E-state index in [1.165, 1.54) is 6.07 Å². The monoisotopic (exact) mass is 641 g/mol. The van der Waals surface area contributed by atoms with Crippen molar-refractivity contribution < 1.29 is 43.3 Å². The van der Waals surface area contributed by atoms with E-state index >= 15 is 0 Å². The van der Waals surface area contributed by atoms with Crippen LogP contribution in [-0.2, 0) is 19.2 Å². The van der Waals surface area contributed by atoms with Gasteiger partial charge in [0.15, 0.2) is 0 Å². The Morgan fingerprint density at radius 3 is 2.35 bits per heavy atom. The zero-order chi connectivity index (χ0) is 33.6. The predicted octanol–water partition coefficient (Wildman–Crippen LogP) is 0.284. The maximum absolute atomic E-state index is 13.4. The molecular formula is C32H43N5O9.